The third-order valence-electron chi connectivity index (χ3n) is 4.82. The first-order chi connectivity index (χ1) is 11.3. The SMILES string of the molecule is CCCCCCCCCCCCCCCCCC(CSC)SC. The van der Waals surface area contributed by atoms with E-state index in [1.165, 1.54) is 108 Å². The summed E-state index contributed by atoms with van der Waals surface area (Å²) in [7, 11) is 0. The Morgan fingerprint density at radius 2 is 0.957 bits per heavy atom. The van der Waals surface area contributed by atoms with E-state index in [0.29, 0.717) is 0 Å². The van der Waals surface area contributed by atoms with Crippen molar-refractivity contribution in [3.05, 3.63) is 0 Å². The Hall–Kier alpha value is 0.700. The molecule has 0 rings (SSSR count). The van der Waals surface area contributed by atoms with Gasteiger partial charge in [-0.2, -0.15) is 23.5 Å². The van der Waals surface area contributed by atoms with Crippen molar-refractivity contribution in [3.8, 4) is 0 Å². The predicted molar refractivity (Wildman–Crippen MR) is 115 cm³/mol. The summed E-state index contributed by atoms with van der Waals surface area (Å²) in [6.45, 7) is 2.30. The quantitative estimate of drug-likeness (QED) is 0.212. The van der Waals surface area contributed by atoms with Crippen LogP contribution < -0.4 is 0 Å². The lowest BCUT2D eigenvalue weighted by Crippen LogP contribution is -2.04. The molecule has 0 saturated carbocycles. The van der Waals surface area contributed by atoms with E-state index in [4.69, 9.17) is 0 Å². The maximum absolute atomic E-state index is 2.30. The zero-order valence-corrected chi connectivity index (χ0v) is 18.0. The molecular weight excluding hydrogens is 316 g/mol. The maximum atomic E-state index is 2.30. The van der Waals surface area contributed by atoms with Crippen LogP contribution in [0.1, 0.15) is 110 Å². The van der Waals surface area contributed by atoms with Crippen LogP contribution in [0.2, 0.25) is 0 Å². The van der Waals surface area contributed by atoms with Crippen LogP contribution in [0.3, 0.4) is 0 Å². The highest BCUT2D eigenvalue weighted by atomic mass is 32.2. The minimum Gasteiger partial charge on any atom is -0.164 e. The molecular formula is C21H44S2. The van der Waals surface area contributed by atoms with Crippen molar-refractivity contribution < 1.29 is 0 Å². The number of rotatable bonds is 19. The van der Waals surface area contributed by atoms with E-state index in [1.54, 1.807) is 0 Å². The lowest BCUT2D eigenvalue weighted by atomic mass is 10.0. The fourth-order valence-electron chi connectivity index (χ4n) is 3.20. The molecule has 0 aromatic carbocycles. The van der Waals surface area contributed by atoms with Crippen LogP contribution in [0.4, 0.5) is 0 Å². The van der Waals surface area contributed by atoms with E-state index >= 15 is 0 Å². The Morgan fingerprint density at radius 3 is 1.30 bits per heavy atom. The lowest BCUT2D eigenvalue weighted by Gasteiger charge is -2.12. The van der Waals surface area contributed by atoms with E-state index in [1.807, 2.05) is 11.8 Å². The molecule has 0 amide bonds. The standard InChI is InChI=1S/C21H44S2/c1-4-5-6-7-8-9-10-11-12-13-14-15-16-17-18-19-21(23-3)20-22-2/h21H,4-20H2,1-3H3. The molecule has 0 spiro atoms. The average Bonchev–Trinajstić information content (AvgIpc) is 2.57. The summed E-state index contributed by atoms with van der Waals surface area (Å²) in [5.74, 6) is 1.33. The van der Waals surface area contributed by atoms with Crippen LogP contribution in [0.15, 0.2) is 0 Å². The molecule has 0 aliphatic rings. The van der Waals surface area contributed by atoms with E-state index in [0.717, 1.165) is 5.25 Å². The normalized spacial score (nSPS) is 12.7. The molecule has 0 aliphatic carbocycles. The van der Waals surface area contributed by atoms with Crippen LogP contribution >= 0.6 is 23.5 Å². The van der Waals surface area contributed by atoms with Gasteiger partial charge in [0.25, 0.3) is 0 Å². The second-order valence-electron chi connectivity index (χ2n) is 7.05. The molecule has 0 aromatic rings. The monoisotopic (exact) mass is 360 g/mol. The molecule has 140 valence electrons. The molecule has 23 heavy (non-hydrogen) atoms. The van der Waals surface area contributed by atoms with E-state index < -0.39 is 0 Å². The number of hydrogen-bond donors (Lipinski definition) is 0. The summed E-state index contributed by atoms with van der Waals surface area (Å²) in [6.07, 6.45) is 27.9. The molecule has 0 aliphatic heterocycles. The summed E-state index contributed by atoms with van der Waals surface area (Å²) >= 11 is 4.06. The third kappa shape index (κ3) is 18.9. The van der Waals surface area contributed by atoms with Gasteiger partial charge in [-0.05, 0) is 18.9 Å². The Morgan fingerprint density at radius 1 is 0.565 bits per heavy atom. The second-order valence-corrected chi connectivity index (χ2v) is 9.10. The maximum Gasteiger partial charge on any atom is 0.0135 e. The first-order valence-corrected chi connectivity index (χ1v) is 13.0. The molecule has 2 heteroatoms. The summed E-state index contributed by atoms with van der Waals surface area (Å²) in [5.41, 5.74) is 0. The van der Waals surface area contributed by atoms with Crippen LogP contribution in [-0.2, 0) is 0 Å². The highest BCUT2D eigenvalue weighted by Crippen LogP contribution is 2.19. The molecule has 0 aromatic heterocycles. The Kier molecular flexibility index (Phi) is 21.4. The molecule has 0 saturated heterocycles. The molecule has 0 radical (unpaired) electrons. The Balaban J connectivity index is 3.07. The summed E-state index contributed by atoms with van der Waals surface area (Å²) < 4.78 is 0. The lowest BCUT2D eigenvalue weighted by molar-refractivity contribution is 0.529. The van der Waals surface area contributed by atoms with Gasteiger partial charge in [-0.15, -0.1) is 0 Å². The molecule has 1 unspecified atom stereocenters. The summed E-state index contributed by atoms with van der Waals surface area (Å²) in [4.78, 5) is 0. The molecule has 0 nitrogen and oxygen atoms in total. The van der Waals surface area contributed by atoms with Gasteiger partial charge in [0.05, 0.1) is 0 Å². The van der Waals surface area contributed by atoms with Crippen LogP contribution in [0, 0.1) is 0 Å². The summed E-state index contributed by atoms with van der Waals surface area (Å²) in [6, 6.07) is 0. The van der Waals surface area contributed by atoms with Gasteiger partial charge < -0.3 is 0 Å². The van der Waals surface area contributed by atoms with Gasteiger partial charge >= 0.3 is 0 Å². The highest BCUT2D eigenvalue weighted by Gasteiger charge is 2.05. The molecule has 0 bridgehead atoms. The van der Waals surface area contributed by atoms with Gasteiger partial charge in [0.15, 0.2) is 0 Å². The van der Waals surface area contributed by atoms with Gasteiger partial charge in [0.2, 0.25) is 0 Å². The zero-order chi connectivity index (χ0) is 17.0. The van der Waals surface area contributed by atoms with E-state index in [2.05, 4.69) is 31.2 Å². The minimum absolute atomic E-state index is 0.895. The Bertz CT molecular complexity index is 206. The van der Waals surface area contributed by atoms with Gasteiger partial charge in [0.1, 0.15) is 0 Å². The van der Waals surface area contributed by atoms with Crippen molar-refractivity contribution >= 4 is 23.5 Å². The van der Waals surface area contributed by atoms with Crippen molar-refractivity contribution in [1.82, 2.24) is 0 Å². The van der Waals surface area contributed by atoms with Crippen molar-refractivity contribution in [1.29, 1.82) is 0 Å². The zero-order valence-electron chi connectivity index (χ0n) is 16.4. The van der Waals surface area contributed by atoms with E-state index in [9.17, 15) is 0 Å². The largest absolute Gasteiger partial charge is 0.164 e. The van der Waals surface area contributed by atoms with Gasteiger partial charge in [-0.1, -0.05) is 103 Å². The summed E-state index contributed by atoms with van der Waals surface area (Å²) in [5, 5.41) is 0.895. The number of hydrogen-bond acceptors (Lipinski definition) is 2. The van der Waals surface area contributed by atoms with Gasteiger partial charge in [-0.25, -0.2) is 0 Å². The molecule has 1 atom stereocenters. The first kappa shape index (κ1) is 23.7. The van der Waals surface area contributed by atoms with Crippen molar-refractivity contribution in [2.45, 2.75) is 115 Å². The minimum atomic E-state index is 0.895. The van der Waals surface area contributed by atoms with Crippen molar-refractivity contribution in [2.24, 2.45) is 0 Å². The van der Waals surface area contributed by atoms with Crippen molar-refractivity contribution in [2.75, 3.05) is 18.3 Å². The molecule has 0 N–H and O–H groups in total. The number of thioether (sulfide) groups is 2. The van der Waals surface area contributed by atoms with Gasteiger partial charge in [-0.3, -0.25) is 0 Å². The van der Waals surface area contributed by atoms with Crippen LogP contribution in [0.25, 0.3) is 0 Å². The van der Waals surface area contributed by atoms with Crippen LogP contribution in [0.5, 0.6) is 0 Å². The fraction of sp³-hybridized carbons (Fsp3) is 1.00. The Labute approximate surface area is 156 Å². The molecule has 0 fully saturated rings. The topological polar surface area (TPSA) is 0 Å². The van der Waals surface area contributed by atoms with Gasteiger partial charge in [0, 0.05) is 11.0 Å². The number of unbranched alkanes of at least 4 members (excludes halogenated alkanes) is 14. The van der Waals surface area contributed by atoms with E-state index in [-0.39, 0.29) is 0 Å². The first-order valence-electron chi connectivity index (χ1n) is 10.4. The predicted octanol–water partition coefficient (Wildman–Crippen LogP) is 8.34. The third-order valence-corrected chi connectivity index (χ3v) is 6.83. The average molecular weight is 361 g/mol. The smallest absolute Gasteiger partial charge is 0.0135 e. The molecule has 0 heterocycles. The fourth-order valence-corrected chi connectivity index (χ4v) is 5.09. The van der Waals surface area contributed by atoms with Crippen LogP contribution in [-0.4, -0.2) is 23.5 Å². The highest BCUT2D eigenvalue weighted by molar-refractivity contribution is 8.02. The van der Waals surface area contributed by atoms with Crippen molar-refractivity contribution in [3.63, 3.8) is 0 Å². The second kappa shape index (κ2) is 20.7.